The van der Waals surface area contributed by atoms with Crippen LogP contribution in [0.15, 0.2) is 24.3 Å². The van der Waals surface area contributed by atoms with Crippen LogP contribution in [0.4, 0.5) is 5.69 Å². The van der Waals surface area contributed by atoms with E-state index in [9.17, 15) is 18.0 Å². The molecule has 1 aromatic rings. The zero-order chi connectivity index (χ0) is 18.0. The van der Waals surface area contributed by atoms with Crippen molar-refractivity contribution in [1.29, 1.82) is 0 Å². The third-order valence-electron chi connectivity index (χ3n) is 4.96. The molecule has 0 spiro atoms. The van der Waals surface area contributed by atoms with E-state index in [-0.39, 0.29) is 29.5 Å². The molecule has 2 amide bonds. The Kier molecular flexibility index (Phi) is 4.99. The maximum absolute atomic E-state index is 12.4. The van der Waals surface area contributed by atoms with Gasteiger partial charge in [0, 0.05) is 18.2 Å². The molecule has 7 nitrogen and oxygen atoms in total. The first-order valence-corrected chi connectivity index (χ1v) is 10.2. The molecule has 2 atom stereocenters. The maximum Gasteiger partial charge on any atom is 0.251 e. The lowest BCUT2D eigenvalue weighted by molar-refractivity contribution is -0.122. The van der Waals surface area contributed by atoms with Gasteiger partial charge in [-0.05, 0) is 49.9 Å². The van der Waals surface area contributed by atoms with Crippen molar-refractivity contribution in [1.82, 2.24) is 5.32 Å². The Morgan fingerprint density at radius 1 is 1.08 bits per heavy atom. The van der Waals surface area contributed by atoms with E-state index in [0.717, 1.165) is 19.3 Å². The van der Waals surface area contributed by atoms with Gasteiger partial charge < -0.3 is 11.1 Å². The van der Waals surface area contributed by atoms with E-state index in [4.69, 9.17) is 5.73 Å². The van der Waals surface area contributed by atoms with E-state index in [2.05, 4.69) is 5.32 Å². The van der Waals surface area contributed by atoms with Crippen LogP contribution in [0, 0.1) is 5.92 Å². The number of hydrogen-bond donors (Lipinski definition) is 2. The minimum absolute atomic E-state index is 0.158. The molecular weight excluding hydrogens is 342 g/mol. The summed E-state index contributed by atoms with van der Waals surface area (Å²) in [6.45, 7) is 0.468. The Bertz CT molecular complexity index is 761. The first-order chi connectivity index (χ1) is 11.9. The molecule has 1 aliphatic carbocycles. The Balaban J connectivity index is 1.70. The lowest BCUT2D eigenvalue weighted by Gasteiger charge is -2.28. The summed E-state index contributed by atoms with van der Waals surface area (Å²) in [6.07, 6.45) is 3.82. The van der Waals surface area contributed by atoms with Crippen molar-refractivity contribution in [2.75, 3.05) is 16.6 Å². The monoisotopic (exact) mass is 365 g/mol. The van der Waals surface area contributed by atoms with Gasteiger partial charge in [-0.1, -0.05) is 6.42 Å². The molecule has 136 valence electrons. The van der Waals surface area contributed by atoms with Crippen molar-refractivity contribution < 1.29 is 18.0 Å². The predicted octanol–water partition coefficient (Wildman–Crippen LogP) is 1.00. The third-order valence-corrected chi connectivity index (χ3v) is 6.83. The summed E-state index contributed by atoms with van der Waals surface area (Å²) in [4.78, 5) is 23.8. The molecule has 1 aliphatic heterocycles. The molecule has 0 aromatic heterocycles. The highest BCUT2D eigenvalue weighted by atomic mass is 32.2. The molecule has 1 heterocycles. The van der Waals surface area contributed by atoms with Gasteiger partial charge in [0.25, 0.3) is 5.91 Å². The van der Waals surface area contributed by atoms with E-state index in [1.807, 2.05) is 0 Å². The molecule has 2 aliphatic rings. The molecule has 2 fully saturated rings. The van der Waals surface area contributed by atoms with Crippen LogP contribution in [-0.2, 0) is 14.8 Å². The topological polar surface area (TPSA) is 110 Å². The summed E-state index contributed by atoms with van der Waals surface area (Å²) < 4.78 is 25.7. The molecule has 8 heteroatoms. The minimum atomic E-state index is -3.26. The molecule has 3 rings (SSSR count). The molecule has 1 saturated heterocycles. The summed E-state index contributed by atoms with van der Waals surface area (Å²) in [6, 6.07) is 6.30. The van der Waals surface area contributed by atoms with Crippen molar-refractivity contribution in [3.8, 4) is 0 Å². The fraction of sp³-hybridized carbons (Fsp3) is 0.529. The van der Waals surface area contributed by atoms with Crippen LogP contribution in [0.3, 0.4) is 0 Å². The summed E-state index contributed by atoms with van der Waals surface area (Å²) >= 11 is 0. The largest absolute Gasteiger partial charge is 0.369 e. The third kappa shape index (κ3) is 3.78. The van der Waals surface area contributed by atoms with E-state index < -0.39 is 10.0 Å². The van der Waals surface area contributed by atoms with Crippen LogP contribution in [0.25, 0.3) is 0 Å². The number of nitrogens with two attached hydrogens (primary N) is 1. The second-order valence-corrected chi connectivity index (χ2v) is 8.67. The van der Waals surface area contributed by atoms with Crippen molar-refractivity contribution in [3.63, 3.8) is 0 Å². The molecule has 25 heavy (non-hydrogen) atoms. The highest BCUT2D eigenvalue weighted by Crippen LogP contribution is 2.26. The van der Waals surface area contributed by atoms with Crippen LogP contribution in [0.2, 0.25) is 0 Å². The summed E-state index contributed by atoms with van der Waals surface area (Å²) in [5.41, 5.74) is 6.39. The lowest BCUT2D eigenvalue weighted by atomic mass is 10.0. The number of carbonyl (C=O) groups is 2. The van der Waals surface area contributed by atoms with Crippen molar-refractivity contribution in [3.05, 3.63) is 29.8 Å². The second kappa shape index (κ2) is 7.03. The molecule has 0 bridgehead atoms. The van der Waals surface area contributed by atoms with Gasteiger partial charge in [0.2, 0.25) is 15.9 Å². The number of amides is 2. The Morgan fingerprint density at radius 2 is 1.80 bits per heavy atom. The number of anilines is 1. The van der Waals surface area contributed by atoms with E-state index in [0.29, 0.717) is 30.6 Å². The van der Waals surface area contributed by atoms with Crippen LogP contribution in [0.5, 0.6) is 0 Å². The van der Waals surface area contributed by atoms with E-state index in [1.54, 1.807) is 24.3 Å². The highest BCUT2D eigenvalue weighted by Gasteiger charge is 2.32. The number of sulfonamides is 1. The van der Waals surface area contributed by atoms with Gasteiger partial charge in [0.1, 0.15) is 0 Å². The van der Waals surface area contributed by atoms with Gasteiger partial charge in [-0.3, -0.25) is 13.9 Å². The summed E-state index contributed by atoms with van der Waals surface area (Å²) in [7, 11) is -3.26. The van der Waals surface area contributed by atoms with Crippen LogP contribution in [-0.4, -0.2) is 38.6 Å². The average Bonchev–Trinajstić information content (AvgIpc) is 3.03. The molecule has 1 saturated carbocycles. The Labute approximate surface area is 147 Å². The normalized spacial score (nSPS) is 25.5. The molecular formula is C17H23N3O4S. The number of hydrogen-bond acceptors (Lipinski definition) is 4. The van der Waals surface area contributed by atoms with Crippen LogP contribution < -0.4 is 15.4 Å². The van der Waals surface area contributed by atoms with Gasteiger partial charge >= 0.3 is 0 Å². The molecule has 0 radical (unpaired) electrons. The van der Waals surface area contributed by atoms with Crippen molar-refractivity contribution in [2.45, 2.75) is 38.1 Å². The van der Waals surface area contributed by atoms with Crippen LogP contribution >= 0.6 is 0 Å². The number of rotatable bonds is 4. The maximum atomic E-state index is 12.4. The smallest absolute Gasteiger partial charge is 0.251 e. The van der Waals surface area contributed by atoms with Gasteiger partial charge in [-0.25, -0.2) is 8.42 Å². The number of benzene rings is 1. The second-order valence-electron chi connectivity index (χ2n) is 6.66. The minimum Gasteiger partial charge on any atom is -0.369 e. The van der Waals surface area contributed by atoms with Gasteiger partial charge in [-0.2, -0.15) is 0 Å². The van der Waals surface area contributed by atoms with Crippen LogP contribution in [0.1, 0.15) is 42.5 Å². The van der Waals surface area contributed by atoms with Crippen molar-refractivity contribution >= 4 is 27.5 Å². The zero-order valence-corrected chi connectivity index (χ0v) is 14.8. The SMILES string of the molecule is NC(=O)C1CCCC1NC(=O)c1ccc(N2CCCCS2(=O)=O)cc1. The van der Waals surface area contributed by atoms with Gasteiger partial charge in [0.05, 0.1) is 17.4 Å². The fourth-order valence-electron chi connectivity index (χ4n) is 3.58. The predicted molar refractivity (Wildman–Crippen MR) is 94.6 cm³/mol. The van der Waals surface area contributed by atoms with E-state index >= 15 is 0 Å². The highest BCUT2D eigenvalue weighted by molar-refractivity contribution is 7.92. The first-order valence-electron chi connectivity index (χ1n) is 8.59. The van der Waals surface area contributed by atoms with E-state index in [1.165, 1.54) is 4.31 Å². The fourth-order valence-corrected chi connectivity index (χ4v) is 5.22. The zero-order valence-electron chi connectivity index (χ0n) is 14.0. The van der Waals surface area contributed by atoms with Gasteiger partial charge in [0.15, 0.2) is 0 Å². The average molecular weight is 365 g/mol. The standard InChI is InChI=1S/C17H23N3O4S/c18-16(21)14-4-3-5-15(14)19-17(22)12-6-8-13(9-7-12)20-10-1-2-11-25(20,23)24/h6-9,14-15H,1-5,10-11H2,(H2,18,21)(H,19,22). The molecule has 3 N–H and O–H groups in total. The molecule has 2 unspecified atom stereocenters. The lowest BCUT2D eigenvalue weighted by Crippen LogP contribution is -2.42. The number of primary amides is 1. The Morgan fingerprint density at radius 3 is 2.44 bits per heavy atom. The van der Waals surface area contributed by atoms with Gasteiger partial charge in [-0.15, -0.1) is 0 Å². The summed E-state index contributed by atoms with van der Waals surface area (Å²) in [5.74, 6) is -0.813. The first kappa shape index (κ1) is 17.7. The quantitative estimate of drug-likeness (QED) is 0.829. The van der Waals surface area contributed by atoms with Crippen molar-refractivity contribution in [2.24, 2.45) is 11.7 Å². The number of nitrogens with one attached hydrogen (secondary N) is 1. The number of nitrogens with zero attached hydrogens (tertiary/aromatic N) is 1. The molecule has 1 aromatic carbocycles. The summed E-state index contributed by atoms with van der Waals surface area (Å²) in [5, 5.41) is 2.87. The Hall–Kier alpha value is -2.09. The number of carbonyl (C=O) groups excluding carboxylic acids is 2.